The molecule has 1 aromatic heterocycles. The Morgan fingerprint density at radius 1 is 1.31 bits per heavy atom. The summed E-state index contributed by atoms with van der Waals surface area (Å²) in [5, 5.41) is 0. The van der Waals surface area contributed by atoms with Crippen molar-refractivity contribution in [3.63, 3.8) is 0 Å². The first-order chi connectivity index (χ1) is 7.20. The van der Waals surface area contributed by atoms with E-state index < -0.39 is 10.0 Å². The molecule has 0 aliphatic rings. The van der Waals surface area contributed by atoms with Gasteiger partial charge in [0.05, 0.1) is 15.5 Å². The molecule has 1 heterocycles. The first-order valence-electron chi connectivity index (χ1n) is 4.72. The molecule has 16 heavy (non-hydrogen) atoms. The van der Waals surface area contributed by atoms with Crippen LogP contribution in [0, 0.1) is 10.5 Å². The molecule has 0 unspecified atom stereocenters. The number of nitrogens with zero attached hydrogens (tertiary/aromatic N) is 2. The summed E-state index contributed by atoms with van der Waals surface area (Å²) in [6.45, 7) is 5.76. The van der Waals surface area contributed by atoms with Gasteiger partial charge in [-0.15, -0.1) is 0 Å². The van der Waals surface area contributed by atoms with Gasteiger partial charge < -0.3 is 0 Å². The molecule has 90 valence electrons. The SMILES string of the molecule is Cc1nc(C(C)C)nc(NS(C)(=O)=O)c1I. The molecule has 0 bridgehead atoms. The van der Waals surface area contributed by atoms with Crippen LogP contribution in [0.2, 0.25) is 0 Å². The lowest BCUT2D eigenvalue weighted by atomic mass is 10.2. The lowest BCUT2D eigenvalue weighted by Crippen LogP contribution is -2.15. The Morgan fingerprint density at radius 3 is 2.31 bits per heavy atom. The zero-order valence-electron chi connectivity index (χ0n) is 9.57. The molecule has 5 nitrogen and oxygen atoms in total. The molecular weight excluding hydrogens is 341 g/mol. The quantitative estimate of drug-likeness (QED) is 0.841. The van der Waals surface area contributed by atoms with E-state index in [4.69, 9.17) is 0 Å². The van der Waals surface area contributed by atoms with Gasteiger partial charge in [-0.25, -0.2) is 18.4 Å². The number of aromatic nitrogens is 2. The van der Waals surface area contributed by atoms with Gasteiger partial charge in [0.25, 0.3) is 0 Å². The number of anilines is 1. The molecule has 1 N–H and O–H groups in total. The number of aryl methyl sites for hydroxylation is 1. The normalized spacial score (nSPS) is 11.9. The molecular formula is C9H14IN3O2S. The van der Waals surface area contributed by atoms with E-state index >= 15 is 0 Å². The molecule has 0 saturated heterocycles. The van der Waals surface area contributed by atoms with Crippen LogP contribution in [0.1, 0.15) is 31.3 Å². The van der Waals surface area contributed by atoms with Crippen molar-refractivity contribution < 1.29 is 8.42 Å². The molecule has 0 saturated carbocycles. The number of hydrogen-bond donors (Lipinski definition) is 1. The standard InChI is InChI=1S/C9H14IN3O2S/c1-5(2)8-11-6(3)7(10)9(12-8)13-16(4,14)15/h5H,1-4H3,(H,11,12,13). The summed E-state index contributed by atoms with van der Waals surface area (Å²) in [6.07, 6.45) is 1.11. The molecule has 0 atom stereocenters. The number of rotatable bonds is 3. The number of sulfonamides is 1. The van der Waals surface area contributed by atoms with Crippen molar-refractivity contribution in [3.8, 4) is 0 Å². The van der Waals surface area contributed by atoms with Gasteiger partial charge in [0.2, 0.25) is 10.0 Å². The predicted octanol–water partition coefficient (Wildman–Crippen LogP) is 1.88. The first kappa shape index (κ1) is 13.6. The van der Waals surface area contributed by atoms with Crippen molar-refractivity contribution in [2.24, 2.45) is 0 Å². The Bertz CT molecular complexity index is 500. The van der Waals surface area contributed by atoms with Crippen molar-refractivity contribution in [2.45, 2.75) is 26.7 Å². The summed E-state index contributed by atoms with van der Waals surface area (Å²) in [4.78, 5) is 8.52. The van der Waals surface area contributed by atoms with Crippen LogP contribution in [0.15, 0.2) is 0 Å². The average molecular weight is 355 g/mol. The Hall–Kier alpha value is -0.440. The second-order valence-corrected chi connectivity index (χ2v) is 6.69. The van der Waals surface area contributed by atoms with Crippen molar-refractivity contribution in [3.05, 3.63) is 15.1 Å². The van der Waals surface area contributed by atoms with Gasteiger partial charge in [0, 0.05) is 5.92 Å². The van der Waals surface area contributed by atoms with Crippen LogP contribution in [-0.4, -0.2) is 24.6 Å². The maximum Gasteiger partial charge on any atom is 0.231 e. The van der Waals surface area contributed by atoms with Gasteiger partial charge in [-0.3, -0.25) is 4.72 Å². The summed E-state index contributed by atoms with van der Waals surface area (Å²) < 4.78 is 25.5. The maximum absolute atomic E-state index is 11.2. The Morgan fingerprint density at radius 2 is 1.88 bits per heavy atom. The summed E-state index contributed by atoms with van der Waals surface area (Å²) in [5.41, 5.74) is 0.783. The summed E-state index contributed by atoms with van der Waals surface area (Å²) in [6, 6.07) is 0. The third-order valence-electron chi connectivity index (χ3n) is 1.83. The summed E-state index contributed by atoms with van der Waals surface area (Å²) in [5.74, 6) is 1.17. The number of nitrogens with one attached hydrogen (secondary N) is 1. The van der Waals surface area contributed by atoms with Crippen molar-refractivity contribution in [1.82, 2.24) is 9.97 Å². The molecule has 0 amide bonds. The highest BCUT2D eigenvalue weighted by molar-refractivity contribution is 14.1. The Balaban J connectivity index is 3.27. The number of hydrogen-bond acceptors (Lipinski definition) is 4. The van der Waals surface area contributed by atoms with Crippen LogP contribution in [0.3, 0.4) is 0 Å². The molecule has 1 aromatic rings. The van der Waals surface area contributed by atoms with E-state index in [1.807, 2.05) is 43.4 Å². The largest absolute Gasteiger partial charge is 0.267 e. The van der Waals surface area contributed by atoms with E-state index in [1.54, 1.807) is 0 Å². The molecule has 1 rings (SSSR count). The number of halogens is 1. The minimum Gasteiger partial charge on any atom is -0.267 e. The fourth-order valence-electron chi connectivity index (χ4n) is 1.08. The fraction of sp³-hybridized carbons (Fsp3) is 0.556. The van der Waals surface area contributed by atoms with Crippen LogP contribution in [0.4, 0.5) is 5.82 Å². The first-order valence-corrected chi connectivity index (χ1v) is 7.69. The van der Waals surface area contributed by atoms with E-state index in [9.17, 15) is 8.42 Å². The maximum atomic E-state index is 11.2. The van der Waals surface area contributed by atoms with Gasteiger partial charge >= 0.3 is 0 Å². The average Bonchev–Trinajstić information content (AvgIpc) is 2.10. The third-order valence-corrected chi connectivity index (χ3v) is 3.69. The highest BCUT2D eigenvalue weighted by Crippen LogP contribution is 2.22. The fourth-order valence-corrected chi connectivity index (χ4v) is 2.14. The van der Waals surface area contributed by atoms with Crippen molar-refractivity contribution in [2.75, 3.05) is 11.0 Å². The second kappa shape index (κ2) is 4.82. The lowest BCUT2D eigenvalue weighted by molar-refractivity contribution is 0.606. The van der Waals surface area contributed by atoms with Crippen LogP contribution < -0.4 is 4.72 Å². The van der Waals surface area contributed by atoms with Gasteiger partial charge in [-0.1, -0.05) is 13.8 Å². The topological polar surface area (TPSA) is 72.0 Å². The minimum absolute atomic E-state index is 0.163. The van der Waals surface area contributed by atoms with E-state index in [0.717, 1.165) is 15.5 Å². The molecule has 0 aliphatic heterocycles. The molecule has 0 radical (unpaired) electrons. The van der Waals surface area contributed by atoms with Gasteiger partial charge in [-0.05, 0) is 29.5 Å². The van der Waals surface area contributed by atoms with Gasteiger partial charge in [0.15, 0.2) is 5.82 Å². The van der Waals surface area contributed by atoms with Crippen LogP contribution in [-0.2, 0) is 10.0 Å². The smallest absolute Gasteiger partial charge is 0.231 e. The molecule has 7 heteroatoms. The highest BCUT2D eigenvalue weighted by Gasteiger charge is 2.14. The van der Waals surface area contributed by atoms with E-state index in [0.29, 0.717) is 11.6 Å². The van der Waals surface area contributed by atoms with E-state index in [1.165, 1.54) is 0 Å². The predicted molar refractivity (Wildman–Crippen MR) is 72.0 cm³/mol. The van der Waals surface area contributed by atoms with Crippen LogP contribution in [0.5, 0.6) is 0 Å². The summed E-state index contributed by atoms with van der Waals surface area (Å²) >= 11 is 2.03. The van der Waals surface area contributed by atoms with E-state index in [-0.39, 0.29) is 5.92 Å². The van der Waals surface area contributed by atoms with Gasteiger partial charge in [0.1, 0.15) is 5.82 Å². The molecule has 0 spiro atoms. The Labute approximate surface area is 109 Å². The van der Waals surface area contributed by atoms with Crippen molar-refractivity contribution >= 4 is 38.4 Å². The molecule has 0 aromatic carbocycles. The monoisotopic (exact) mass is 355 g/mol. The van der Waals surface area contributed by atoms with Crippen LogP contribution in [0.25, 0.3) is 0 Å². The lowest BCUT2D eigenvalue weighted by Gasteiger charge is -2.11. The molecule has 0 fully saturated rings. The zero-order chi connectivity index (χ0) is 12.5. The van der Waals surface area contributed by atoms with Gasteiger partial charge in [-0.2, -0.15) is 0 Å². The third kappa shape index (κ3) is 3.55. The molecule has 0 aliphatic carbocycles. The minimum atomic E-state index is -3.30. The highest BCUT2D eigenvalue weighted by atomic mass is 127. The van der Waals surface area contributed by atoms with Crippen LogP contribution >= 0.6 is 22.6 Å². The zero-order valence-corrected chi connectivity index (χ0v) is 12.5. The van der Waals surface area contributed by atoms with Crippen molar-refractivity contribution in [1.29, 1.82) is 0 Å². The second-order valence-electron chi connectivity index (χ2n) is 3.86. The van der Waals surface area contributed by atoms with E-state index in [2.05, 4.69) is 14.7 Å². The Kier molecular flexibility index (Phi) is 4.11. The summed E-state index contributed by atoms with van der Waals surface area (Å²) in [7, 11) is -3.30.